The highest BCUT2D eigenvalue weighted by Gasteiger charge is 2.12. The molecule has 0 saturated carbocycles. The molecular weight excluding hydrogens is 232 g/mol. The monoisotopic (exact) mass is 248 g/mol. The molecule has 0 radical (unpaired) electrons. The minimum absolute atomic E-state index is 0.274. The van der Waals surface area contributed by atoms with Crippen LogP contribution in [0.3, 0.4) is 0 Å². The van der Waals surface area contributed by atoms with Crippen LogP contribution in [0.15, 0.2) is 12.4 Å². The van der Waals surface area contributed by atoms with Crippen LogP contribution >= 0.6 is 0 Å². The molecule has 0 amide bonds. The van der Waals surface area contributed by atoms with Crippen molar-refractivity contribution in [1.82, 2.24) is 24.5 Å². The van der Waals surface area contributed by atoms with Crippen LogP contribution in [-0.4, -0.2) is 38.7 Å². The number of nitrogens with zero attached hydrogens (tertiary/aromatic N) is 5. The number of aryl methyl sites for hydroxylation is 1. The van der Waals surface area contributed by atoms with E-state index in [-0.39, 0.29) is 6.01 Å². The van der Waals surface area contributed by atoms with Crippen molar-refractivity contribution < 1.29 is 4.74 Å². The van der Waals surface area contributed by atoms with E-state index in [9.17, 15) is 0 Å². The molecule has 1 N–H and O–H groups in total. The molecule has 2 rings (SSSR count). The minimum Gasteiger partial charge on any atom is -0.467 e. The summed E-state index contributed by atoms with van der Waals surface area (Å²) in [7, 11) is 3.27. The van der Waals surface area contributed by atoms with Gasteiger partial charge in [-0.3, -0.25) is 0 Å². The molecule has 0 aliphatic rings. The summed E-state index contributed by atoms with van der Waals surface area (Å²) >= 11 is 0. The highest BCUT2D eigenvalue weighted by molar-refractivity contribution is 5.47. The quantitative estimate of drug-likeness (QED) is 0.856. The number of anilines is 1. The molecule has 0 fully saturated rings. The Morgan fingerprint density at radius 3 is 2.83 bits per heavy atom. The van der Waals surface area contributed by atoms with Crippen LogP contribution in [0.2, 0.25) is 0 Å². The molecule has 0 atom stereocenters. The molecule has 2 aromatic heterocycles. The van der Waals surface area contributed by atoms with E-state index in [4.69, 9.17) is 4.74 Å². The average molecular weight is 248 g/mol. The fourth-order valence-corrected chi connectivity index (χ4v) is 1.60. The lowest BCUT2D eigenvalue weighted by molar-refractivity contribution is 0.379. The second kappa shape index (κ2) is 5.44. The number of imidazole rings is 1. The molecular formula is C11H16N6O. The SMILES string of the molecule is CCCn1ccnc1-c1nc(NC)nc(OC)n1. The van der Waals surface area contributed by atoms with Gasteiger partial charge in [0.25, 0.3) is 0 Å². The number of rotatable bonds is 5. The molecule has 0 bridgehead atoms. The van der Waals surface area contributed by atoms with Crippen molar-refractivity contribution in [3.8, 4) is 17.7 Å². The van der Waals surface area contributed by atoms with Crippen molar-refractivity contribution in [3.63, 3.8) is 0 Å². The number of hydrogen-bond donors (Lipinski definition) is 1. The second-order valence-corrected chi connectivity index (χ2v) is 3.66. The van der Waals surface area contributed by atoms with Crippen molar-refractivity contribution in [2.45, 2.75) is 19.9 Å². The van der Waals surface area contributed by atoms with Gasteiger partial charge in [-0.1, -0.05) is 6.92 Å². The molecule has 0 saturated heterocycles. The number of aromatic nitrogens is 5. The Bertz CT molecular complexity index is 502. The van der Waals surface area contributed by atoms with E-state index < -0.39 is 0 Å². The van der Waals surface area contributed by atoms with Crippen LogP contribution in [0, 0.1) is 0 Å². The van der Waals surface area contributed by atoms with Gasteiger partial charge >= 0.3 is 6.01 Å². The smallest absolute Gasteiger partial charge is 0.321 e. The molecule has 96 valence electrons. The van der Waals surface area contributed by atoms with Gasteiger partial charge in [0.2, 0.25) is 11.8 Å². The molecule has 0 aliphatic carbocycles. The van der Waals surface area contributed by atoms with E-state index in [1.165, 1.54) is 7.11 Å². The van der Waals surface area contributed by atoms with E-state index in [1.807, 2.05) is 10.8 Å². The van der Waals surface area contributed by atoms with Gasteiger partial charge in [0.15, 0.2) is 5.82 Å². The lowest BCUT2D eigenvalue weighted by atomic mass is 10.4. The fraction of sp³-hybridized carbons (Fsp3) is 0.455. The summed E-state index contributed by atoms with van der Waals surface area (Å²) in [5.74, 6) is 1.68. The van der Waals surface area contributed by atoms with Gasteiger partial charge in [0, 0.05) is 26.0 Å². The van der Waals surface area contributed by atoms with E-state index in [2.05, 4.69) is 32.2 Å². The van der Waals surface area contributed by atoms with Gasteiger partial charge in [0.05, 0.1) is 7.11 Å². The summed E-state index contributed by atoms with van der Waals surface area (Å²) in [6.07, 6.45) is 4.67. The third-order valence-electron chi connectivity index (χ3n) is 2.40. The first kappa shape index (κ1) is 12.3. The van der Waals surface area contributed by atoms with Gasteiger partial charge in [-0.15, -0.1) is 0 Å². The van der Waals surface area contributed by atoms with Gasteiger partial charge in [-0.2, -0.15) is 15.0 Å². The Balaban J connectivity index is 2.45. The summed E-state index contributed by atoms with van der Waals surface area (Å²) in [5.41, 5.74) is 0. The fourth-order valence-electron chi connectivity index (χ4n) is 1.60. The predicted octanol–water partition coefficient (Wildman–Crippen LogP) is 1.20. The van der Waals surface area contributed by atoms with E-state index in [0.29, 0.717) is 17.6 Å². The first-order valence-corrected chi connectivity index (χ1v) is 5.77. The molecule has 2 aromatic rings. The van der Waals surface area contributed by atoms with Crippen molar-refractivity contribution in [3.05, 3.63) is 12.4 Å². The molecule has 7 nitrogen and oxygen atoms in total. The Morgan fingerprint density at radius 2 is 2.17 bits per heavy atom. The zero-order chi connectivity index (χ0) is 13.0. The van der Waals surface area contributed by atoms with Crippen LogP contribution in [0.5, 0.6) is 6.01 Å². The van der Waals surface area contributed by atoms with E-state index in [0.717, 1.165) is 13.0 Å². The van der Waals surface area contributed by atoms with E-state index >= 15 is 0 Å². The summed E-state index contributed by atoms with van der Waals surface area (Å²) in [5, 5.41) is 2.88. The molecule has 2 heterocycles. The first-order chi connectivity index (χ1) is 8.78. The van der Waals surface area contributed by atoms with Crippen LogP contribution in [0.25, 0.3) is 11.6 Å². The lowest BCUT2D eigenvalue weighted by Crippen LogP contribution is -2.06. The Labute approximate surface area is 105 Å². The molecule has 0 spiro atoms. The maximum Gasteiger partial charge on any atom is 0.321 e. The third kappa shape index (κ3) is 2.39. The first-order valence-electron chi connectivity index (χ1n) is 5.77. The number of hydrogen-bond acceptors (Lipinski definition) is 6. The summed E-state index contributed by atoms with van der Waals surface area (Å²) < 4.78 is 7.06. The Morgan fingerprint density at radius 1 is 1.33 bits per heavy atom. The Kier molecular flexibility index (Phi) is 3.71. The number of methoxy groups -OCH3 is 1. The minimum atomic E-state index is 0.274. The highest BCUT2D eigenvalue weighted by Crippen LogP contribution is 2.17. The van der Waals surface area contributed by atoms with Crippen molar-refractivity contribution in [1.29, 1.82) is 0 Å². The van der Waals surface area contributed by atoms with E-state index in [1.54, 1.807) is 13.2 Å². The highest BCUT2D eigenvalue weighted by atomic mass is 16.5. The second-order valence-electron chi connectivity index (χ2n) is 3.66. The standard InChI is InChI=1S/C11H16N6O/c1-4-6-17-7-5-13-9(17)8-14-10(12-2)16-11(15-8)18-3/h5,7H,4,6H2,1-3H3,(H,12,14,15,16). The van der Waals surface area contributed by atoms with Gasteiger partial charge in [0.1, 0.15) is 0 Å². The van der Waals surface area contributed by atoms with Gasteiger partial charge < -0.3 is 14.6 Å². The van der Waals surface area contributed by atoms with Crippen LogP contribution < -0.4 is 10.1 Å². The number of ether oxygens (including phenoxy) is 1. The Hall–Kier alpha value is -2.18. The zero-order valence-corrected chi connectivity index (χ0v) is 10.7. The summed E-state index contributed by atoms with van der Waals surface area (Å²) in [4.78, 5) is 16.9. The molecule has 7 heteroatoms. The van der Waals surface area contributed by atoms with Crippen LogP contribution in [-0.2, 0) is 6.54 Å². The van der Waals surface area contributed by atoms with Crippen LogP contribution in [0.4, 0.5) is 5.95 Å². The molecule has 0 unspecified atom stereocenters. The predicted molar refractivity (Wildman–Crippen MR) is 67.4 cm³/mol. The topological polar surface area (TPSA) is 77.8 Å². The zero-order valence-electron chi connectivity index (χ0n) is 10.7. The van der Waals surface area contributed by atoms with Crippen molar-refractivity contribution >= 4 is 5.95 Å². The summed E-state index contributed by atoms with van der Waals surface area (Å²) in [6, 6.07) is 0.274. The summed E-state index contributed by atoms with van der Waals surface area (Å²) in [6.45, 7) is 2.98. The molecule has 0 aromatic carbocycles. The molecule has 0 aliphatic heterocycles. The van der Waals surface area contributed by atoms with Gasteiger partial charge in [-0.25, -0.2) is 4.98 Å². The third-order valence-corrected chi connectivity index (χ3v) is 2.40. The normalized spacial score (nSPS) is 10.4. The van der Waals surface area contributed by atoms with Crippen molar-refractivity contribution in [2.24, 2.45) is 0 Å². The van der Waals surface area contributed by atoms with Crippen molar-refractivity contribution in [2.75, 3.05) is 19.5 Å². The van der Waals surface area contributed by atoms with Gasteiger partial charge in [-0.05, 0) is 6.42 Å². The van der Waals surface area contributed by atoms with Crippen LogP contribution in [0.1, 0.15) is 13.3 Å². The molecule has 18 heavy (non-hydrogen) atoms. The number of nitrogens with one attached hydrogen (secondary N) is 1. The lowest BCUT2D eigenvalue weighted by Gasteiger charge is -2.07. The maximum atomic E-state index is 5.06. The largest absolute Gasteiger partial charge is 0.467 e. The average Bonchev–Trinajstić information content (AvgIpc) is 2.87. The maximum absolute atomic E-state index is 5.06.